The van der Waals surface area contributed by atoms with Crippen molar-refractivity contribution in [2.75, 3.05) is 0 Å². The third kappa shape index (κ3) is 4.07. The Labute approximate surface area is 118 Å². The van der Waals surface area contributed by atoms with Crippen molar-refractivity contribution < 1.29 is 0 Å². The summed E-state index contributed by atoms with van der Waals surface area (Å²) in [5.74, 6) is 0.944. The third-order valence-electron chi connectivity index (χ3n) is 4.57. The van der Waals surface area contributed by atoms with Crippen LogP contribution in [0, 0.1) is 5.92 Å². The second-order valence-electron chi connectivity index (χ2n) is 7.21. The number of hydrogen-bond acceptors (Lipinski definition) is 1. The number of rotatable bonds is 4. The second-order valence-corrected chi connectivity index (χ2v) is 7.21. The van der Waals surface area contributed by atoms with Crippen molar-refractivity contribution in [3.8, 4) is 0 Å². The molecule has 0 spiro atoms. The summed E-state index contributed by atoms with van der Waals surface area (Å²) in [4.78, 5) is 0. The van der Waals surface area contributed by atoms with Gasteiger partial charge in [0.1, 0.15) is 0 Å². The van der Waals surface area contributed by atoms with Gasteiger partial charge in [-0.05, 0) is 35.3 Å². The lowest BCUT2D eigenvalue weighted by Gasteiger charge is -2.20. The molecule has 1 atom stereocenters. The van der Waals surface area contributed by atoms with Gasteiger partial charge < -0.3 is 5.73 Å². The molecule has 1 aromatic rings. The van der Waals surface area contributed by atoms with Crippen LogP contribution in [0.25, 0.3) is 0 Å². The maximum absolute atomic E-state index is 6.33. The van der Waals surface area contributed by atoms with Crippen LogP contribution in [0.3, 0.4) is 0 Å². The van der Waals surface area contributed by atoms with Gasteiger partial charge in [0, 0.05) is 6.04 Å². The van der Waals surface area contributed by atoms with Gasteiger partial charge in [-0.15, -0.1) is 0 Å². The average Bonchev–Trinajstić information content (AvgIpc) is 2.88. The summed E-state index contributed by atoms with van der Waals surface area (Å²) in [6.45, 7) is 6.76. The van der Waals surface area contributed by atoms with E-state index in [1.807, 2.05) is 0 Å². The Kier molecular flexibility index (Phi) is 4.67. The first-order valence-electron chi connectivity index (χ1n) is 7.83. The molecule has 1 nitrogen and oxygen atoms in total. The highest BCUT2D eigenvalue weighted by Crippen LogP contribution is 2.31. The van der Waals surface area contributed by atoms with Gasteiger partial charge in [0.25, 0.3) is 0 Å². The molecule has 0 heterocycles. The Balaban J connectivity index is 1.89. The summed E-state index contributed by atoms with van der Waals surface area (Å²) < 4.78 is 0. The van der Waals surface area contributed by atoms with Crippen molar-refractivity contribution in [1.29, 1.82) is 0 Å². The van der Waals surface area contributed by atoms with Crippen LogP contribution >= 0.6 is 0 Å². The molecule has 1 aliphatic rings. The van der Waals surface area contributed by atoms with Crippen LogP contribution in [0.1, 0.15) is 76.5 Å². The van der Waals surface area contributed by atoms with E-state index in [1.165, 1.54) is 43.2 Å². The lowest BCUT2D eigenvalue weighted by molar-refractivity contribution is 0.454. The Morgan fingerprint density at radius 3 is 2.21 bits per heavy atom. The van der Waals surface area contributed by atoms with E-state index in [9.17, 15) is 0 Å². The summed E-state index contributed by atoms with van der Waals surface area (Å²) in [6.07, 6.45) is 8.16. The van der Waals surface area contributed by atoms with Crippen molar-refractivity contribution in [3.63, 3.8) is 0 Å². The molecule has 1 unspecified atom stereocenters. The maximum atomic E-state index is 6.33. The monoisotopic (exact) mass is 259 g/mol. The standard InChI is InChI=1S/C18H29N/c1-18(2,3)16-11-9-15(10-12-16)17(19)13-8-14-6-4-5-7-14/h9-12,14,17H,4-8,13,19H2,1-3H3. The predicted molar refractivity (Wildman–Crippen MR) is 83.3 cm³/mol. The molecule has 19 heavy (non-hydrogen) atoms. The van der Waals surface area contributed by atoms with Crippen LogP contribution in [-0.4, -0.2) is 0 Å². The molecule has 2 N–H and O–H groups in total. The van der Waals surface area contributed by atoms with Gasteiger partial charge in [-0.1, -0.05) is 70.7 Å². The lowest BCUT2D eigenvalue weighted by Crippen LogP contribution is -2.14. The first-order valence-corrected chi connectivity index (χ1v) is 7.83. The van der Waals surface area contributed by atoms with Crippen LogP contribution in [0.2, 0.25) is 0 Å². The zero-order valence-corrected chi connectivity index (χ0v) is 12.8. The molecule has 1 heteroatoms. The van der Waals surface area contributed by atoms with Crippen LogP contribution in [0.5, 0.6) is 0 Å². The van der Waals surface area contributed by atoms with E-state index in [-0.39, 0.29) is 11.5 Å². The third-order valence-corrected chi connectivity index (χ3v) is 4.57. The zero-order chi connectivity index (χ0) is 13.9. The Bertz CT molecular complexity index is 379. The van der Waals surface area contributed by atoms with Gasteiger partial charge in [0.2, 0.25) is 0 Å². The van der Waals surface area contributed by atoms with Crippen molar-refractivity contribution in [2.24, 2.45) is 11.7 Å². The Hall–Kier alpha value is -0.820. The van der Waals surface area contributed by atoms with Crippen LogP contribution < -0.4 is 5.73 Å². The zero-order valence-electron chi connectivity index (χ0n) is 12.8. The van der Waals surface area contributed by atoms with Gasteiger partial charge in [-0.2, -0.15) is 0 Å². The van der Waals surface area contributed by atoms with Gasteiger partial charge >= 0.3 is 0 Å². The SMILES string of the molecule is CC(C)(C)c1ccc(C(N)CCC2CCCC2)cc1. The van der Waals surface area contributed by atoms with E-state index >= 15 is 0 Å². The summed E-state index contributed by atoms with van der Waals surface area (Å²) in [5.41, 5.74) is 9.25. The molecular weight excluding hydrogens is 230 g/mol. The minimum absolute atomic E-state index is 0.217. The summed E-state index contributed by atoms with van der Waals surface area (Å²) >= 11 is 0. The van der Waals surface area contributed by atoms with Crippen molar-refractivity contribution in [3.05, 3.63) is 35.4 Å². The molecule has 1 aromatic carbocycles. The van der Waals surface area contributed by atoms with E-state index in [1.54, 1.807) is 0 Å². The smallest absolute Gasteiger partial charge is 0.0294 e. The highest BCUT2D eigenvalue weighted by Gasteiger charge is 2.17. The van der Waals surface area contributed by atoms with E-state index in [0.29, 0.717) is 0 Å². The molecular formula is C18H29N. The van der Waals surface area contributed by atoms with E-state index in [4.69, 9.17) is 5.73 Å². The molecule has 1 saturated carbocycles. The Morgan fingerprint density at radius 1 is 1.11 bits per heavy atom. The van der Waals surface area contributed by atoms with E-state index in [0.717, 1.165) is 12.3 Å². The molecule has 1 aliphatic carbocycles. The molecule has 2 rings (SSSR count). The highest BCUT2D eigenvalue weighted by molar-refractivity contribution is 5.29. The summed E-state index contributed by atoms with van der Waals surface area (Å²) in [7, 11) is 0. The number of benzene rings is 1. The van der Waals surface area contributed by atoms with Gasteiger partial charge in [0.15, 0.2) is 0 Å². The maximum Gasteiger partial charge on any atom is 0.0294 e. The van der Waals surface area contributed by atoms with Gasteiger partial charge in [-0.25, -0.2) is 0 Å². The quantitative estimate of drug-likeness (QED) is 0.813. The molecule has 0 aromatic heterocycles. The first kappa shape index (κ1) is 14.6. The van der Waals surface area contributed by atoms with Crippen molar-refractivity contribution in [2.45, 2.75) is 70.8 Å². The highest BCUT2D eigenvalue weighted by atomic mass is 14.6. The summed E-state index contributed by atoms with van der Waals surface area (Å²) in [5, 5.41) is 0. The molecule has 0 saturated heterocycles. The fourth-order valence-corrected chi connectivity index (χ4v) is 3.11. The topological polar surface area (TPSA) is 26.0 Å². The van der Waals surface area contributed by atoms with Crippen molar-refractivity contribution >= 4 is 0 Å². The van der Waals surface area contributed by atoms with E-state index < -0.39 is 0 Å². The minimum atomic E-state index is 0.217. The first-order chi connectivity index (χ1) is 8.97. The van der Waals surface area contributed by atoms with E-state index in [2.05, 4.69) is 45.0 Å². The van der Waals surface area contributed by atoms with Crippen LogP contribution in [0.4, 0.5) is 0 Å². The van der Waals surface area contributed by atoms with Gasteiger partial charge in [0.05, 0.1) is 0 Å². The second kappa shape index (κ2) is 6.09. The largest absolute Gasteiger partial charge is 0.324 e. The lowest BCUT2D eigenvalue weighted by atomic mass is 9.86. The fraction of sp³-hybridized carbons (Fsp3) is 0.667. The van der Waals surface area contributed by atoms with Crippen LogP contribution in [-0.2, 0) is 5.41 Å². The van der Waals surface area contributed by atoms with Gasteiger partial charge in [-0.3, -0.25) is 0 Å². The molecule has 0 aliphatic heterocycles. The molecule has 0 bridgehead atoms. The van der Waals surface area contributed by atoms with Crippen molar-refractivity contribution in [1.82, 2.24) is 0 Å². The van der Waals surface area contributed by atoms with Crippen LogP contribution in [0.15, 0.2) is 24.3 Å². The molecule has 106 valence electrons. The Morgan fingerprint density at radius 2 is 1.68 bits per heavy atom. The normalized spacial score (nSPS) is 18.7. The predicted octanol–water partition coefficient (Wildman–Crippen LogP) is 4.95. The fourth-order valence-electron chi connectivity index (χ4n) is 3.11. The summed E-state index contributed by atoms with van der Waals surface area (Å²) in [6, 6.07) is 9.14. The molecule has 1 fully saturated rings. The molecule has 0 radical (unpaired) electrons. The molecule has 0 amide bonds. The average molecular weight is 259 g/mol. The minimum Gasteiger partial charge on any atom is -0.324 e. The number of nitrogens with two attached hydrogens (primary N) is 1. The number of hydrogen-bond donors (Lipinski definition) is 1.